The van der Waals surface area contributed by atoms with Crippen LogP contribution in [0.3, 0.4) is 0 Å². The fraction of sp³-hybridized carbons (Fsp3) is 0.357. The Morgan fingerprint density at radius 1 is 1.32 bits per heavy atom. The number of fused-ring (bicyclic) bond motifs is 1. The molecular weight excluding hydrogens is 249 g/mol. The Kier molecular flexibility index (Phi) is 2.69. The average Bonchev–Trinajstić information content (AvgIpc) is 2.82. The van der Waals surface area contributed by atoms with Crippen LogP contribution in [0.25, 0.3) is 5.52 Å². The zero-order valence-corrected chi connectivity index (χ0v) is 10.8. The smallest absolute Gasteiger partial charge is 0.258 e. The molecule has 2 aromatic heterocycles. The Balaban J connectivity index is 2.30. The van der Waals surface area contributed by atoms with Crippen LogP contribution in [0.2, 0.25) is 0 Å². The van der Waals surface area contributed by atoms with Crippen molar-refractivity contribution in [3.05, 3.63) is 51.7 Å². The molecule has 1 fully saturated rings. The molecule has 2 aromatic rings. The molecule has 3 heterocycles. The quantitative estimate of drug-likeness (QED) is 0.789. The highest BCUT2D eigenvalue weighted by Gasteiger charge is 2.35. The predicted molar refractivity (Wildman–Crippen MR) is 67.6 cm³/mol. The third-order valence-corrected chi connectivity index (χ3v) is 3.51. The lowest BCUT2D eigenvalue weighted by atomic mass is 10.0. The van der Waals surface area contributed by atoms with Crippen LogP contribution in [0, 0.1) is 12.7 Å². The first-order chi connectivity index (χ1) is 9.01. The van der Waals surface area contributed by atoms with Crippen molar-refractivity contribution in [2.75, 3.05) is 13.2 Å². The van der Waals surface area contributed by atoms with Crippen molar-refractivity contribution in [2.24, 2.45) is 0 Å². The fourth-order valence-electron chi connectivity index (χ4n) is 2.47. The van der Waals surface area contributed by atoms with Crippen molar-refractivity contribution in [1.29, 1.82) is 0 Å². The van der Waals surface area contributed by atoms with Crippen LogP contribution in [0.4, 0.5) is 4.39 Å². The summed E-state index contributed by atoms with van der Waals surface area (Å²) in [4.78, 5) is 12.3. The third-order valence-electron chi connectivity index (χ3n) is 3.51. The van der Waals surface area contributed by atoms with Gasteiger partial charge >= 0.3 is 0 Å². The number of hydrogen-bond acceptors (Lipinski definition) is 3. The Bertz CT molecular complexity index is 702. The standard InChI is InChI=1S/C14H14FNO3/c1-9-12(14(2)18-5-6-19-14)7-11-4-3-10(15)8-16(11)13(9)17/h3-4,7-8H,5-6H2,1-2H3. The molecule has 3 rings (SSSR count). The van der Waals surface area contributed by atoms with Crippen LogP contribution >= 0.6 is 0 Å². The number of aromatic nitrogens is 1. The van der Waals surface area contributed by atoms with Crippen molar-refractivity contribution in [3.63, 3.8) is 0 Å². The zero-order chi connectivity index (χ0) is 13.6. The monoisotopic (exact) mass is 263 g/mol. The SMILES string of the molecule is Cc1c(C2(C)OCCO2)cc2ccc(F)cn2c1=O. The van der Waals surface area contributed by atoms with Crippen molar-refractivity contribution in [2.45, 2.75) is 19.6 Å². The van der Waals surface area contributed by atoms with Crippen LogP contribution in [0.5, 0.6) is 0 Å². The van der Waals surface area contributed by atoms with Crippen LogP contribution < -0.4 is 5.56 Å². The topological polar surface area (TPSA) is 39.9 Å². The van der Waals surface area contributed by atoms with Gasteiger partial charge in [0.05, 0.1) is 13.2 Å². The molecule has 19 heavy (non-hydrogen) atoms. The Morgan fingerprint density at radius 3 is 2.68 bits per heavy atom. The average molecular weight is 263 g/mol. The zero-order valence-electron chi connectivity index (χ0n) is 10.8. The summed E-state index contributed by atoms with van der Waals surface area (Å²) in [6.45, 7) is 4.49. The maximum atomic E-state index is 13.2. The van der Waals surface area contributed by atoms with Crippen LogP contribution in [0.15, 0.2) is 29.2 Å². The highest BCUT2D eigenvalue weighted by molar-refractivity contribution is 5.51. The van der Waals surface area contributed by atoms with Gasteiger partial charge in [0, 0.05) is 22.8 Å². The predicted octanol–water partition coefficient (Wildman–Crippen LogP) is 1.97. The van der Waals surface area contributed by atoms with E-state index in [1.807, 2.05) is 6.07 Å². The summed E-state index contributed by atoms with van der Waals surface area (Å²) < 4.78 is 25.7. The van der Waals surface area contributed by atoms with E-state index in [9.17, 15) is 9.18 Å². The summed E-state index contributed by atoms with van der Waals surface area (Å²) in [7, 11) is 0. The molecule has 0 bridgehead atoms. The minimum Gasteiger partial charge on any atom is -0.344 e. The van der Waals surface area contributed by atoms with Gasteiger partial charge in [0.1, 0.15) is 5.82 Å². The maximum absolute atomic E-state index is 13.2. The van der Waals surface area contributed by atoms with Gasteiger partial charge in [-0.3, -0.25) is 9.20 Å². The number of nitrogens with zero attached hydrogens (tertiary/aromatic N) is 1. The molecular formula is C14H14FNO3. The lowest BCUT2D eigenvalue weighted by Gasteiger charge is -2.24. The van der Waals surface area contributed by atoms with E-state index in [0.717, 1.165) is 0 Å². The molecule has 0 N–H and O–H groups in total. The second kappa shape index (κ2) is 4.15. The second-order valence-electron chi connectivity index (χ2n) is 4.77. The van der Waals surface area contributed by atoms with Crippen molar-refractivity contribution in [3.8, 4) is 0 Å². The first-order valence-corrected chi connectivity index (χ1v) is 6.11. The molecule has 0 aliphatic carbocycles. The van der Waals surface area contributed by atoms with E-state index in [4.69, 9.17) is 9.47 Å². The highest BCUT2D eigenvalue weighted by atomic mass is 19.1. The molecule has 1 aliphatic rings. The second-order valence-corrected chi connectivity index (χ2v) is 4.77. The molecule has 0 saturated carbocycles. The summed E-state index contributed by atoms with van der Waals surface area (Å²) in [6.07, 6.45) is 1.19. The van der Waals surface area contributed by atoms with Gasteiger partial charge in [0.25, 0.3) is 5.56 Å². The number of halogens is 1. The summed E-state index contributed by atoms with van der Waals surface area (Å²) in [6, 6.07) is 4.70. The fourth-order valence-corrected chi connectivity index (χ4v) is 2.47. The Hall–Kier alpha value is -1.72. The van der Waals surface area contributed by atoms with Crippen molar-refractivity contribution in [1.82, 2.24) is 4.40 Å². The minimum absolute atomic E-state index is 0.257. The molecule has 0 amide bonds. The molecule has 100 valence electrons. The van der Waals surface area contributed by atoms with Crippen LogP contribution in [-0.2, 0) is 15.3 Å². The number of rotatable bonds is 1. The summed E-state index contributed by atoms with van der Waals surface area (Å²) in [5, 5.41) is 0. The maximum Gasteiger partial charge on any atom is 0.258 e. The molecule has 0 atom stereocenters. The highest BCUT2D eigenvalue weighted by Crippen LogP contribution is 2.32. The minimum atomic E-state index is -0.896. The molecule has 0 radical (unpaired) electrons. The Morgan fingerprint density at radius 2 is 2.00 bits per heavy atom. The molecule has 1 saturated heterocycles. The van der Waals surface area contributed by atoms with E-state index in [1.165, 1.54) is 16.7 Å². The lowest BCUT2D eigenvalue weighted by Crippen LogP contribution is -2.29. The number of hydrogen-bond donors (Lipinski definition) is 0. The Labute approximate surface area is 109 Å². The molecule has 1 aliphatic heterocycles. The van der Waals surface area contributed by atoms with Crippen LogP contribution in [-0.4, -0.2) is 17.6 Å². The van der Waals surface area contributed by atoms with Gasteiger partial charge in [-0.1, -0.05) is 0 Å². The van der Waals surface area contributed by atoms with E-state index < -0.39 is 11.6 Å². The molecule has 0 aromatic carbocycles. The first-order valence-electron chi connectivity index (χ1n) is 6.11. The van der Waals surface area contributed by atoms with Gasteiger partial charge in [0.15, 0.2) is 5.79 Å². The summed E-state index contributed by atoms with van der Waals surface area (Å²) in [5.41, 5.74) is 1.56. The van der Waals surface area contributed by atoms with Gasteiger partial charge in [0.2, 0.25) is 0 Å². The normalized spacial score (nSPS) is 18.1. The van der Waals surface area contributed by atoms with Crippen molar-refractivity contribution < 1.29 is 13.9 Å². The van der Waals surface area contributed by atoms with Crippen molar-refractivity contribution >= 4 is 5.52 Å². The molecule has 0 spiro atoms. The van der Waals surface area contributed by atoms with Gasteiger partial charge < -0.3 is 9.47 Å². The molecule has 0 unspecified atom stereocenters. The van der Waals surface area contributed by atoms with E-state index in [0.29, 0.717) is 29.9 Å². The van der Waals surface area contributed by atoms with E-state index in [1.54, 1.807) is 19.9 Å². The largest absolute Gasteiger partial charge is 0.344 e. The van der Waals surface area contributed by atoms with E-state index >= 15 is 0 Å². The van der Waals surface area contributed by atoms with Gasteiger partial charge in [-0.15, -0.1) is 0 Å². The summed E-state index contributed by atoms with van der Waals surface area (Å²) in [5.74, 6) is -1.34. The summed E-state index contributed by atoms with van der Waals surface area (Å²) >= 11 is 0. The first kappa shape index (κ1) is 12.3. The van der Waals surface area contributed by atoms with E-state index in [2.05, 4.69) is 0 Å². The molecule has 5 heteroatoms. The third kappa shape index (κ3) is 1.86. The van der Waals surface area contributed by atoms with Gasteiger partial charge in [-0.2, -0.15) is 0 Å². The van der Waals surface area contributed by atoms with E-state index in [-0.39, 0.29) is 5.56 Å². The number of pyridine rings is 2. The molecule has 4 nitrogen and oxygen atoms in total. The van der Waals surface area contributed by atoms with Gasteiger partial charge in [-0.05, 0) is 32.0 Å². The number of ether oxygens (including phenoxy) is 2. The van der Waals surface area contributed by atoms with Gasteiger partial charge in [-0.25, -0.2) is 4.39 Å². The van der Waals surface area contributed by atoms with Crippen LogP contribution in [0.1, 0.15) is 18.1 Å². The lowest BCUT2D eigenvalue weighted by molar-refractivity contribution is -0.150.